The van der Waals surface area contributed by atoms with Gasteiger partial charge in [-0.05, 0) is 75.1 Å². The number of carbonyl (C=O) groups excluding carboxylic acids is 2. The van der Waals surface area contributed by atoms with E-state index in [1.54, 1.807) is 51.3 Å². The lowest BCUT2D eigenvalue weighted by molar-refractivity contribution is -0.139. The van der Waals surface area contributed by atoms with Gasteiger partial charge in [0.1, 0.15) is 5.75 Å². The van der Waals surface area contributed by atoms with E-state index >= 15 is 0 Å². The van der Waals surface area contributed by atoms with Gasteiger partial charge in [0, 0.05) is 13.1 Å². The van der Waals surface area contributed by atoms with Crippen LogP contribution >= 0.6 is 11.3 Å². The molecule has 0 unspecified atom stereocenters. The number of benzene rings is 2. The van der Waals surface area contributed by atoms with E-state index in [9.17, 15) is 14.4 Å². The van der Waals surface area contributed by atoms with Crippen LogP contribution in [0.25, 0.3) is 6.08 Å². The van der Waals surface area contributed by atoms with E-state index in [1.807, 2.05) is 30.0 Å². The number of allylic oxidation sites excluding steroid dienone is 1. The lowest BCUT2D eigenvalue weighted by atomic mass is 9.95. The highest BCUT2D eigenvalue weighted by atomic mass is 32.1. The third kappa shape index (κ3) is 6.36. The third-order valence-electron chi connectivity index (χ3n) is 7.32. The average molecular weight is 606 g/mol. The van der Waals surface area contributed by atoms with E-state index < -0.39 is 12.0 Å². The van der Waals surface area contributed by atoms with Crippen LogP contribution in [0.2, 0.25) is 0 Å². The lowest BCUT2D eigenvalue weighted by Gasteiger charge is -2.25. The van der Waals surface area contributed by atoms with E-state index in [4.69, 9.17) is 18.9 Å². The molecular weight excluding hydrogens is 570 g/mol. The number of hydrogen-bond acceptors (Lipinski definition) is 9. The van der Waals surface area contributed by atoms with Gasteiger partial charge in [-0.15, -0.1) is 0 Å². The van der Waals surface area contributed by atoms with Crippen LogP contribution in [0.15, 0.2) is 63.5 Å². The highest BCUT2D eigenvalue weighted by molar-refractivity contribution is 7.07. The van der Waals surface area contributed by atoms with Gasteiger partial charge in [-0.25, -0.2) is 9.79 Å². The summed E-state index contributed by atoms with van der Waals surface area (Å²) in [6.45, 7) is 7.52. The second kappa shape index (κ2) is 13.3. The van der Waals surface area contributed by atoms with E-state index in [1.165, 1.54) is 15.9 Å². The summed E-state index contributed by atoms with van der Waals surface area (Å²) >= 11 is 1.25. The normalized spacial score (nSPS) is 16.5. The van der Waals surface area contributed by atoms with Crippen LogP contribution in [0, 0.1) is 0 Å². The predicted octanol–water partition coefficient (Wildman–Crippen LogP) is 3.21. The van der Waals surface area contributed by atoms with E-state index in [0.29, 0.717) is 50.0 Å². The Morgan fingerprint density at radius 3 is 2.44 bits per heavy atom. The summed E-state index contributed by atoms with van der Waals surface area (Å²) in [6.07, 6.45) is 3.85. The maximum atomic E-state index is 13.9. The van der Waals surface area contributed by atoms with Gasteiger partial charge in [0.25, 0.3) is 11.5 Å². The maximum Gasteiger partial charge on any atom is 0.338 e. The van der Waals surface area contributed by atoms with Crippen molar-refractivity contribution in [3.05, 3.63) is 84.5 Å². The lowest BCUT2D eigenvalue weighted by Crippen LogP contribution is -2.40. The highest BCUT2D eigenvalue weighted by Crippen LogP contribution is 2.36. The van der Waals surface area contributed by atoms with Gasteiger partial charge in [0.15, 0.2) is 22.9 Å². The van der Waals surface area contributed by atoms with Crippen molar-refractivity contribution >= 4 is 29.3 Å². The van der Waals surface area contributed by atoms with E-state index in [2.05, 4.69) is 4.99 Å². The number of carbonyl (C=O) groups is 2. The van der Waals surface area contributed by atoms with Crippen molar-refractivity contribution in [3.63, 3.8) is 0 Å². The Kier molecular flexibility index (Phi) is 9.30. The van der Waals surface area contributed by atoms with Crippen molar-refractivity contribution in [2.24, 2.45) is 4.99 Å². The van der Waals surface area contributed by atoms with Crippen LogP contribution in [-0.4, -0.2) is 61.4 Å². The SMILES string of the molecule is CCOC(=O)C1=C(C)N=c2s/c(=C/c3ccc(OCC(=O)N4CCCC4)cc3)c(=O)n2[C@H]1c1ccc(OC)c(OCC)c1. The number of esters is 1. The summed E-state index contributed by atoms with van der Waals surface area (Å²) < 4.78 is 24.3. The van der Waals surface area contributed by atoms with E-state index in [0.717, 1.165) is 31.5 Å². The number of methoxy groups -OCH3 is 1. The quantitative estimate of drug-likeness (QED) is 0.327. The molecule has 0 bridgehead atoms. The first-order chi connectivity index (χ1) is 20.8. The second-order valence-electron chi connectivity index (χ2n) is 10.1. The van der Waals surface area contributed by atoms with E-state index in [-0.39, 0.29) is 24.7 Å². The number of likely N-dealkylation sites (tertiary alicyclic amines) is 1. The zero-order chi connectivity index (χ0) is 30.5. The fourth-order valence-corrected chi connectivity index (χ4v) is 6.30. The number of thiazole rings is 1. The Morgan fingerprint density at radius 2 is 1.77 bits per heavy atom. The first-order valence-corrected chi connectivity index (χ1v) is 15.2. The Hall–Kier alpha value is -4.38. The largest absolute Gasteiger partial charge is 0.493 e. The van der Waals surface area contributed by atoms with Gasteiger partial charge in [-0.2, -0.15) is 0 Å². The summed E-state index contributed by atoms with van der Waals surface area (Å²) in [6, 6.07) is 11.8. The first kappa shape index (κ1) is 30.1. The maximum absolute atomic E-state index is 13.9. The molecule has 1 fully saturated rings. The standard InChI is InChI=1S/C32H35N3O7S/c1-5-40-25-18-22(11-14-24(25)39-4)29-28(31(38)41-6-2)20(3)33-32-35(29)30(37)26(43-32)17-21-9-12-23(13-10-21)42-19-27(36)34-15-7-8-16-34/h9-14,17-18,29H,5-8,15-16,19H2,1-4H3/b26-17+/t29-/m0/s1. The molecule has 1 atom stereocenters. The van der Waals surface area contributed by atoms with Crippen LogP contribution in [0.4, 0.5) is 0 Å². The molecule has 43 heavy (non-hydrogen) atoms. The van der Waals surface area contributed by atoms with Crippen LogP contribution in [0.3, 0.4) is 0 Å². The summed E-state index contributed by atoms with van der Waals surface area (Å²) in [7, 11) is 1.56. The van der Waals surface area contributed by atoms with Crippen LogP contribution in [0.5, 0.6) is 17.2 Å². The van der Waals surface area contributed by atoms with Gasteiger partial charge < -0.3 is 23.8 Å². The molecule has 1 saturated heterocycles. The molecule has 0 radical (unpaired) electrons. The summed E-state index contributed by atoms with van der Waals surface area (Å²) in [5, 5.41) is 0. The molecule has 2 aliphatic rings. The molecule has 2 aromatic carbocycles. The first-order valence-electron chi connectivity index (χ1n) is 14.4. The zero-order valence-corrected chi connectivity index (χ0v) is 25.6. The molecule has 3 heterocycles. The van der Waals surface area contributed by atoms with Gasteiger partial charge in [0.05, 0.1) is 42.2 Å². The topological polar surface area (TPSA) is 109 Å². The molecule has 11 heteroatoms. The van der Waals surface area contributed by atoms with Gasteiger partial charge in [0.2, 0.25) is 0 Å². The number of aromatic nitrogens is 1. The zero-order valence-electron chi connectivity index (χ0n) is 24.8. The molecule has 0 N–H and O–H groups in total. The molecule has 226 valence electrons. The molecule has 5 rings (SSSR count). The van der Waals surface area contributed by atoms with Crippen molar-refractivity contribution in [3.8, 4) is 17.2 Å². The molecule has 1 amide bonds. The second-order valence-corrected chi connectivity index (χ2v) is 11.1. The van der Waals surface area contributed by atoms with Crippen LogP contribution in [0.1, 0.15) is 50.8 Å². The number of ether oxygens (including phenoxy) is 4. The molecular formula is C32H35N3O7S. The average Bonchev–Trinajstić information content (AvgIpc) is 3.65. The number of amides is 1. The Balaban J connectivity index is 1.50. The van der Waals surface area contributed by atoms with Crippen LogP contribution < -0.4 is 29.1 Å². The molecule has 0 saturated carbocycles. The number of fused-ring (bicyclic) bond motifs is 1. The minimum Gasteiger partial charge on any atom is -0.493 e. The summed E-state index contributed by atoms with van der Waals surface area (Å²) in [5.41, 5.74) is 1.94. The molecule has 0 aliphatic carbocycles. The molecule has 10 nitrogen and oxygen atoms in total. The Morgan fingerprint density at radius 1 is 1.02 bits per heavy atom. The molecule has 2 aliphatic heterocycles. The smallest absolute Gasteiger partial charge is 0.338 e. The summed E-state index contributed by atoms with van der Waals surface area (Å²) in [4.78, 5) is 46.4. The Bertz CT molecular complexity index is 1720. The Labute approximate surface area is 253 Å². The molecule has 0 spiro atoms. The predicted molar refractivity (Wildman–Crippen MR) is 162 cm³/mol. The minimum atomic E-state index is -0.772. The van der Waals surface area contributed by atoms with Crippen molar-refractivity contribution in [1.82, 2.24) is 9.47 Å². The number of hydrogen-bond donors (Lipinski definition) is 0. The van der Waals surface area contributed by atoms with Crippen molar-refractivity contribution in [2.75, 3.05) is 40.0 Å². The fraction of sp³-hybridized carbons (Fsp3) is 0.375. The highest BCUT2D eigenvalue weighted by Gasteiger charge is 2.34. The van der Waals surface area contributed by atoms with Crippen LogP contribution in [-0.2, 0) is 14.3 Å². The minimum absolute atomic E-state index is 0.00350. The number of rotatable bonds is 10. The number of nitrogens with zero attached hydrogens (tertiary/aromatic N) is 3. The van der Waals surface area contributed by atoms with Crippen molar-refractivity contribution < 1.29 is 28.5 Å². The molecule has 1 aromatic heterocycles. The summed E-state index contributed by atoms with van der Waals surface area (Å²) in [5.74, 6) is 1.08. The monoisotopic (exact) mass is 605 g/mol. The third-order valence-corrected chi connectivity index (χ3v) is 8.30. The van der Waals surface area contributed by atoms with Gasteiger partial charge >= 0.3 is 5.97 Å². The van der Waals surface area contributed by atoms with Gasteiger partial charge in [-0.1, -0.05) is 29.5 Å². The van der Waals surface area contributed by atoms with Crippen molar-refractivity contribution in [1.29, 1.82) is 0 Å². The fourth-order valence-electron chi connectivity index (χ4n) is 5.25. The van der Waals surface area contributed by atoms with Crippen molar-refractivity contribution in [2.45, 2.75) is 39.7 Å². The van der Waals surface area contributed by atoms with Gasteiger partial charge in [-0.3, -0.25) is 14.2 Å². The molecule has 3 aromatic rings.